The third-order valence-electron chi connectivity index (χ3n) is 4.36. The third-order valence-corrected chi connectivity index (χ3v) is 6.52. The molecule has 0 aliphatic carbocycles. The number of hydrogen-bond acceptors (Lipinski definition) is 7. The van der Waals surface area contributed by atoms with E-state index in [4.69, 9.17) is 4.74 Å². The van der Waals surface area contributed by atoms with Gasteiger partial charge in [-0.05, 0) is 24.3 Å². The molecule has 0 amide bonds. The molecule has 0 saturated carbocycles. The van der Waals surface area contributed by atoms with Gasteiger partial charge in [-0.3, -0.25) is 9.71 Å². The first-order valence-electron chi connectivity index (χ1n) is 8.52. The van der Waals surface area contributed by atoms with Crippen LogP contribution in [0.1, 0.15) is 5.56 Å². The Hall–Kier alpha value is -3.55. The van der Waals surface area contributed by atoms with Crippen molar-refractivity contribution in [2.24, 2.45) is 0 Å². The van der Waals surface area contributed by atoms with Gasteiger partial charge in [-0.1, -0.05) is 6.07 Å². The number of fused-ring (bicyclic) bond motifs is 1. The number of aromatic nitrogens is 2. The minimum Gasteiger partial charge on any atom is -0.496 e. The molecule has 0 spiro atoms. The summed E-state index contributed by atoms with van der Waals surface area (Å²) in [4.78, 5) is 8.24. The first kappa shape index (κ1) is 19.8. The Morgan fingerprint density at radius 1 is 1.17 bits per heavy atom. The van der Waals surface area contributed by atoms with Crippen molar-refractivity contribution >= 4 is 37.3 Å². The van der Waals surface area contributed by atoms with Crippen molar-refractivity contribution in [2.75, 3.05) is 11.8 Å². The molecule has 30 heavy (non-hydrogen) atoms. The number of nitriles is 1. The fraction of sp³-hybridized carbons (Fsp3) is 0.0500. The van der Waals surface area contributed by atoms with E-state index >= 15 is 0 Å². The monoisotopic (exact) mass is 440 g/mol. The van der Waals surface area contributed by atoms with Crippen molar-refractivity contribution in [3.8, 4) is 23.1 Å². The Labute approximate surface area is 175 Å². The number of nitrogens with zero attached hydrogens (tertiary/aromatic N) is 3. The normalized spacial score (nSPS) is 11.2. The van der Waals surface area contributed by atoms with Crippen LogP contribution in [0.25, 0.3) is 22.0 Å². The second kappa shape index (κ2) is 7.70. The highest BCUT2D eigenvalue weighted by Crippen LogP contribution is 2.36. The number of rotatable bonds is 5. The fourth-order valence-corrected chi connectivity index (χ4v) is 4.81. The maximum atomic E-state index is 13.6. The molecule has 2 aromatic carbocycles. The number of thiazole rings is 1. The second-order valence-electron chi connectivity index (χ2n) is 6.13. The van der Waals surface area contributed by atoms with Crippen LogP contribution in [0.2, 0.25) is 0 Å². The Morgan fingerprint density at radius 2 is 2.00 bits per heavy atom. The Morgan fingerprint density at radius 3 is 2.70 bits per heavy atom. The van der Waals surface area contributed by atoms with Gasteiger partial charge in [0.05, 0.1) is 23.3 Å². The lowest BCUT2D eigenvalue weighted by Gasteiger charge is -2.13. The first-order chi connectivity index (χ1) is 14.4. The summed E-state index contributed by atoms with van der Waals surface area (Å²) in [6, 6.07) is 10.5. The average molecular weight is 440 g/mol. The smallest absolute Gasteiger partial charge is 0.263 e. The number of methoxy groups -OCH3 is 1. The number of pyridine rings is 1. The third kappa shape index (κ3) is 3.56. The molecule has 0 aliphatic rings. The highest BCUT2D eigenvalue weighted by Gasteiger charge is 2.19. The predicted octanol–water partition coefficient (Wildman–Crippen LogP) is 4.18. The van der Waals surface area contributed by atoms with Crippen molar-refractivity contribution in [3.63, 3.8) is 0 Å². The maximum Gasteiger partial charge on any atom is 0.263 e. The van der Waals surface area contributed by atoms with Gasteiger partial charge in [0.1, 0.15) is 17.6 Å². The molecule has 0 unspecified atom stereocenters. The van der Waals surface area contributed by atoms with Gasteiger partial charge >= 0.3 is 0 Å². The van der Waals surface area contributed by atoms with Crippen molar-refractivity contribution in [1.29, 1.82) is 5.26 Å². The molecule has 2 heterocycles. The molecular weight excluding hydrogens is 427 g/mol. The molecule has 0 aliphatic heterocycles. The van der Waals surface area contributed by atoms with E-state index in [1.54, 1.807) is 11.4 Å². The summed E-state index contributed by atoms with van der Waals surface area (Å²) in [5.41, 5.74) is 1.17. The zero-order valence-corrected chi connectivity index (χ0v) is 17.1. The highest BCUT2D eigenvalue weighted by molar-refractivity contribution is 7.93. The summed E-state index contributed by atoms with van der Waals surface area (Å²) in [5, 5.41) is 12.3. The zero-order chi connectivity index (χ0) is 21.3. The Bertz CT molecular complexity index is 1400. The Balaban J connectivity index is 1.90. The predicted molar refractivity (Wildman–Crippen MR) is 111 cm³/mol. The van der Waals surface area contributed by atoms with Crippen LogP contribution in [0.4, 0.5) is 9.52 Å². The maximum absolute atomic E-state index is 13.6. The van der Waals surface area contributed by atoms with Crippen LogP contribution in [-0.4, -0.2) is 25.5 Å². The molecule has 0 atom stereocenters. The molecule has 0 fully saturated rings. The van der Waals surface area contributed by atoms with Crippen molar-refractivity contribution in [3.05, 3.63) is 65.6 Å². The fourth-order valence-electron chi connectivity index (χ4n) is 3.00. The van der Waals surface area contributed by atoms with Crippen LogP contribution in [0.5, 0.6) is 5.75 Å². The quantitative estimate of drug-likeness (QED) is 0.499. The lowest BCUT2D eigenvalue weighted by molar-refractivity contribution is 0.413. The van der Waals surface area contributed by atoms with Gasteiger partial charge in [-0.25, -0.2) is 17.8 Å². The number of halogens is 1. The van der Waals surface area contributed by atoms with Gasteiger partial charge in [0.2, 0.25) is 0 Å². The van der Waals surface area contributed by atoms with E-state index in [9.17, 15) is 18.1 Å². The van der Waals surface area contributed by atoms with E-state index in [0.717, 1.165) is 11.3 Å². The lowest BCUT2D eigenvalue weighted by atomic mass is 10.0. The number of ether oxygens (including phenoxy) is 1. The van der Waals surface area contributed by atoms with Gasteiger partial charge in [0.15, 0.2) is 5.13 Å². The SMILES string of the molecule is COc1cc(F)ccc1-c1ncc(C#N)c2cc(S(=O)(=O)Nc3nccs3)ccc12. The number of anilines is 1. The summed E-state index contributed by atoms with van der Waals surface area (Å²) >= 11 is 1.15. The minimum atomic E-state index is -3.90. The number of hydrogen-bond donors (Lipinski definition) is 1. The average Bonchev–Trinajstić information content (AvgIpc) is 3.25. The van der Waals surface area contributed by atoms with Crippen LogP contribution in [0.15, 0.2) is 59.1 Å². The summed E-state index contributed by atoms with van der Waals surface area (Å²) in [6.45, 7) is 0. The molecule has 10 heteroatoms. The van der Waals surface area contributed by atoms with Gasteiger partial charge in [0, 0.05) is 40.2 Å². The molecule has 4 rings (SSSR count). The largest absolute Gasteiger partial charge is 0.496 e. The number of nitrogens with one attached hydrogen (secondary N) is 1. The zero-order valence-electron chi connectivity index (χ0n) is 15.5. The van der Waals surface area contributed by atoms with Crippen molar-refractivity contribution in [1.82, 2.24) is 9.97 Å². The number of benzene rings is 2. The van der Waals surface area contributed by atoms with E-state index < -0.39 is 15.8 Å². The molecule has 4 aromatic rings. The van der Waals surface area contributed by atoms with Crippen LogP contribution >= 0.6 is 11.3 Å². The molecule has 0 bridgehead atoms. The van der Waals surface area contributed by atoms with Crippen molar-refractivity contribution < 1.29 is 17.5 Å². The van der Waals surface area contributed by atoms with Crippen LogP contribution in [0.3, 0.4) is 0 Å². The van der Waals surface area contributed by atoms with Crippen LogP contribution in [0, 0.1) is 17.1 Å². The standard InChI is InChI=1S/C20H13FN4O3S2/c1-28-18-8-13(21)2-4-16(18)19-15-5-3-14(9-17(15)12(10-22)11-24-19)30(26,27)25-20-23-6-7-29-20/h2-9,11H,1H3,(H,23,25). The van der Waals surface area contributed by atoms with E-state index in [1.807, 2.05) is 6.07 Å². The molecule has 1 N–H and O–H groups in total. The summed E-state index contributed by atoms with van der Waals surface area (Å²) in [7, 11) is -2.49. The minimum absolute atomic E-state index is 0.0232. The van der Waals surface area contributed by atoms with Gasteiger partial charge in [-0.15, -0.1) is 11.3 Å². The van der Waals surface area contributed by atoms with E-state index in [-0.39, 0.29) is 21.3 Å². The molecule has 150 valence electrons. The highest BCUT2D eigenvalue weighted by atomic mass is 32.2. The Kier molecular flexibility index (Phi) is 5.07. The molecule has 7 nitrogen and oxygen atoms in total. The molecule has 0 radical (unpaired) electrons. The van der Waals surface area contributed by atoms with Gasteiger partial charge in [-0.2, -0.15) is 5.26 Å². The number of sulfonamides is 1. The first-order valence-corrected chi connectivity index (χ1v) is 10.9. The second-order valence-corrected chi connectivity index (χ2v) is 8.70. The van der Waals surface area contributed by atoms with E-state index in [1.165, 1.54) is 49.8 Å². The lowest BCUT2D eigenvalue weighted by Crippen LogP contribution is -2.12. The molecular formula is C20H13FN4O3S2. The van der Waals surface area contributed by atoms with Crippen LogP contribution < -0.4 is 9.46 Å². The summed E-state index contributed by atoms with van der Waals surface area (Å²) in [5.74, 6) is -0.189. The molecule has 0 saturated heterocycles. The summed E-state index contributed by atoms with van der Waals surface area (Å²) in [6.07, 6.45) is 2.84. The topological polar surface area (TPSA) is 105 Å². The van der Waals surface area contributed by atoms with E-state index in [0.29, 0.717) is 22.0 Å². The van der Waals surface area contributed by atoms with E-state index in [2.05, 4.69) is 14.7 Å². The van der Waals surface area contributed by atoms with Crippen LogP contribution in [-0.2, 0) is 10.0 Å². The van der Waals surface area contributed by atoms with Crippen molar-refractivity contribution in [2.45, 2.75) is 4.90 Å². The summed E-state index contributed by atoms with van der Waals surface area (Å²) < 4.78 is 46.7. The van der Waals surface area contributed by atoms with Gasteiger partial charge in [0.25, 0.3) is 10.0 Å². The molecule has 2 aromatic heterocycles. The van der Waals surface area contributed by atoms with Gasteiger partial charge < -0.3 is 4.74 Å².